The number of carbonyl (C=O) groups is 1. The third-order valence-corrected chi connectivity index (χ3v) is 5.41. The summed E-state index contributed by atoms with van der Waals surface area (Å²) in [5, 5.41) is 9.88. The SMILES string of the molecule is COC1CCCC(C2(C(=O)O)CCCCCCC2)C1. The van der Waals surface area contributed by atoms with Crippen LogP contribution in [0.15, 0.2) is 0 Å². The topological polar surface area (TPSA) is 46.5 Å². The molecular formula is C16H28O3. The van der Waals surface area contributed by atoms with E-state index in [-0.39, 0.29) is 6.10 Å². The minimum absolute atomic E-state index is 0.278. The number of carboxylic acids is 1. The normalized spacial score (nSPS) is 32.3. The fraction of sp³-hybridized carbons (Fsp3) is 0.938. The van der Waals surface area contributed by atoms with Gasteiger partial charge in [0.2, 0.25) is 0 Å². The number of rotatable bonds is 3. The lowest BCUT2D eigenvalue weighted by molar-refractivity contribution is -0.157. The Labute approximate surface area is 116 Å². The highest BCUT2D eigenvalue weighted by Crippen LogP contribution is 2.47. The van der Waals surface area contributed by atoms with E-state index in [1.807, 2.05) is 0 Å². The fourth-order valence-electron chi connectivity index (χ4n) is 4.19. The number of methoxy groups -OCH3 is 1. The van der Waals surface area contributed by atoms with Crippen LogP contribution >= 0.6 is 0 Å². The Morgan fingerprint density at radius 2 is 1.68 bits per heavy atom. The third-order valence-electron chi connectivity index (χ3n) is 5.41. The van der Waals surface area contributed by atoms with Gasteiger partial charge in [0, 0.05) is 7.11 Å². The Morgan fingerprint density at radius 1 is 1.05 bits per heavy atom. The van der Waals surface area contributed by atoms with Gasteiger partial charge >= 0.3 is 5.97 Å². The molecule has 2 saturated carbocycles. The molecule has 2 aliphatic rings. The highest BCUT2D eigenvalue weighted by Gasteiger charge is 2.46. The van der Waals surface area contributed by atoms with E-state index in [0.29, 0.717) is 5.92 Å². The Balaban J connectivity index is 2.14. The average Bonchev–Trinajstić information content (AvgIpc) is 2.38. The van der Waals surface area contributed by atoms with E-state index in [1.165, 1.54) is 19.3 Å². The molecule has 0 amide bonds. The summed E-state index contributed by atoms with van der Waals surface area (Å²) < 4.78 is 5.50. The summed E-state index contributed by atoms with van der Waals surface area (Å²) in [4.78, 5) is 12.0. The predicted octanol–water partition coefficient (Wildman–Crippen LogP) is 4.01. The van der Waals surface area contributed by atoms with E-state index in [0.717, 1.165) is 51.4 Å². The molecule has 3 nitrogen and oxygen atoms in total. The van der Waals surface area contributed by atoms with Gasteiger partial charge in [0.25, 0.3) is 0 Å². The van der Waals surface area contributed by atoms with Crippen molar-refractivity contribution in [2.45, 2.75) is 76.7 Å². The maximum atomic E-state index is 12.0. The number of carboxylic acid groups (broad SMARTS) is 1. The predicted molar refractivity (Wildman–Crippen MR) is 75.1 cm³/mol. The molecule has 19 heavy (non-hydrogen) atoms. The van der Waals surface area contributed by atoms with Crippen molar-refractivity contribution < 1.29 is 14.6 Å². The maximum Gasteiger partial charge on any atom is 0.309 e. The zero-order valence-corrected chi connectivity index (χ0v) is 12.2. The van der Waals surface area contributed by atoms with Gasteiger partial charge in [-0.15, -0.1) is 0 Å². The summed E-state index contributed by atoms with van der Waals surface area (Å²) in [6, 6.07) is 0. The van der Waals surface area contributed by atoms with Crippen molar-refractivity contribution in [1.82, 2.24) is 0 Å². The molecule has 0 aromatic rings. The van der Waals surface area contributed by atoms with E-state index < -0.39 is 11.4 Å². The Bertz CT molecular complexity index is 292. The van der Waals surface area contributed by atoms with Gasteiger partial charge < -0.3 is 9.84 Å². The number of hydrogen-bond donors (Lipinski definition) is 1. The molecule has 1 N–H and O–H groups in total. The lowest BCUT2D eigenvalue weighted by Crippen LogP contribution is -2.42. The third kappa shape index (κ3) is 3.31. The summed E-state index contributed by atoms with van der Waals surface area (Å²) >= 11 is 0. The Morgan fingerprint density at radius 3 is 2.26 bits per heavy atom. The lowest BCUT2D eigenvalue weighted by atomic mass is 9.62. The highest BCUT2D eigenvalue weighted by atomic mass is 16.5. The summed E-state index contributed by atoms with van der Waals surface area (Å²) in [7, 11) is 1.76. The molecule has 2 atom stereocenters. The number of aliphatic carboxylic acids is 1. The van der Waals surface area contributed by atoms with E-state index in [1.54, 1.807) is 7.11 Å². The van der Waals surface area contributed by atoms with Crippen LogP contribution in [-0.4, -0.2) is 24.3 Å². The molecule has 2 fully saturated rings. The van der Waals surface area contributed by atoms with E-state index in [2.05, 4.69) is 0 Å². The quantitative estimate of drug-likeness (QED) is 0.841. The molecule has 110 valence electrons. The zero-order valence-electron chi connectivity index (χ0n) is 12.2. The van der Waals surface area contributed by atoms with Crippen LogP contribution in [0, 0.1) is 11.3 Å². The van der Waals surface area contributed by atoms with Gasteiger partial charge in [-0.05, 0) is 38.0 Å². The second kappa shape index (κ2) is 6.74. The molecule has 2 aliphatic carbocycles. The largest absolute Gasteiger partial charge is 0.481 e. The number of ether oxygens (including phenoxy) is 1. The van der Waals surface area contributed by atoms with Crippen molar-refractivity contribution >= 4 is 5.97 Å². The van der Waals surface area contributed by atoms with E-state index >= 15 is 0 Å². The van der Waals surface area contributed by atoms with Crippen molar-refractivity contribution in [3.63, 3.8) is 0 Å². The van der Waals surface area contributed by atoms with Crippen molar-refractivity contribution in [3.05, 3.63) is 0 Å². The second-order valence-corrected chi connectivity index (χ2v) is 6.45. The molecule has 0 saturated heterocycles. The van der Waals surface area contributed by atoms with Crippen LogP contribution in [0.2, 0.25) is 0 Å². The van der Waals surface area contributed by atoms with Crippen molar-refractivity contribution in [2.75, 3.05) is 7.11 Å². The molecule has 3 heteroatoms. The van der Waals surface area contributed by atoms with E-state index in [9.17, 15) is 9.90 Å². The molecule has 0 spiro atoms. The highest BCUT2D eigenvalue weighted by molar-refractivity contribution is 5.75. The molecule has 0 aromatic heterocycles. The molecule has 0 aromatic carbocycles. The molecular weight excluding hydrogens is 240 g/mol. The van der Waals surface area contributed by atoms with Crippen LogP contribution in [0.5, 0.6) is 0 Å². The summed E-state index contributed by atoms with van der Waals surface area (Å²) in [5.41, 5.74) is -0.461. The van der Waals surface area contributed by atoms with Gasteiger partial charge in [0.1, 0.15) is 0 Å². The average molecular weight is 268 g/mol. The Hall–Kier alpha value is -0.570. The molecule has 0 radical (unpaired) electrons. The van der Waals surface area contributed by atoms with Gasteiger partial charge in [-0.2, -0.15) is 0 Å². The summed E-state index contributed by atoms with van der Waals surface area (Å²) in [5.74, 6) is -0.224. The lowest BCUT2D eigenvalue weighted by Gasteiger charge is -2.42. The van der Waals surface area contributed by atoms with Crippen LogP contribution in [0.4, 0.5) is 0 Å². The first kappa shape index (κ1) is 14.8. The van der Waals surface area contributed by atoms with Crippen LogP contribution in [0.3, 0.4) is 0 Å². The standard InChI is InChI=1S/C16H28O3/c1-19-14-9-7-8-13(12-14)16(15(17)18)10-5-3-2-4-6-11-16/h13-14H,2-12H2,1H3,(H,17,18). The van der Waals surface area contributed by atoms with Crippen LogP contribution < -0.4 is 0 Å². The smallest absolute Gasteiger partial charge is 0.309 e. The van der Waals surface area contributed by atoms with Crippen LogP contribution in [-0.2, 0) is 9.53 Å². The summed E-state index contributed by atoms with van der Waals surface area (Å²) in [6.07, 6.45) is 12.1. The zero-order chi connectivity index (χ0) is 13.7. The van der Waals surface area contributed by atoms with Gasteiger partial charge in [0.15, 0.2) is 0 Å². The molecule has 0 bridgehead atoms. The molecule has 2 rings (SSSR count). The van der Waals surface area contributed by atoms with Crippen LogP contribution in [0.25, 0.3) is 0 Å². The minimum atomic E-state index is -0.545. The molecule has 2 unspecified atom stereocenters. The second-order valence-electron chi connectivity index (χ2n) is 6.45. The first-order valence-corrected chi connectivity index (χ1v) is 7.95. The summed E-state index contributed by atoms with van der Waals surface area (Å²) in [6.45, 7) is 0. The molecule has 0 heterocycles. The van der Waals surface area contributed by atoms with Crippen LogP contribution in [0.1, 0.15) is 70.6 Å². The van der Waals surface area contributed by atoms with Gasteiger partial charge in [-0.1, -0.05) is 38.5 Å². The Kier molecular flexibility index (Phi) is 5.26. The minimum Gasteiger partial charge on any atom is -0.481 e. The monoisotopic (exact) mass is 268 g/mol. The van der Waals surface area contributed by atoms with Crippen molar-refractivity contribution in [1.29, 1.82) is 0 Å². The first-order valence-electron chi connectivity index (χ1n) is 7.95. The van der Waals surface area contributed by atoms with Crippen molar-refractivity contribution in [2.24, 2.45) is 11.3 Å². The van der Waals surface area contributed by atoms with Gasteiger partial charge in [-0.3, -0.25) is 4.79 Å². The molecule has 0 aliphatic heterocycles. The van der Waals surface area contributed by atoms with Gasteiger partial charge in [-0.25, -0.2) is 0 Å². The van der Waals surface area contributed by atoms with Crippen molar-refractivity contribution in [3.8, 4) is 0 Å². The fourth-order valence-corrected chi connectivity index (χ4v) is 4.19. The van der Waals surface area contributed by atoms with E-state index in [4.69, 9.17) is 4.74 Å². The first-order chi connectivity index (χ1) is 9.19. The maximum absolute atomic E-state index is 12.0. The number of hydrogen-bond acceptors (Lipinski definition) is 2. The van der Waals surface area contributed by atoms with Gasteiger partial charge in [0.05, 0.1) is 11.5 Å².